The summed E-state index contributed by atoms with van der Waals surface area (Å²) in [5, 5.41) is 0. The van der Waals surface area contributed by atoms with Gasteiger partial charge in [-0.05, 0) is 89.4 Å². The third-order valence-electron chi connectivity index (χ3n) is 9.16. The number of hydrogen-bond donors (Lipinski definition) is 0. The lowest BCUT2D eigenvalue weighted by molar-refractivity contribution is 0.700. The maximum absolute atomic E-state index is 2.78. The van der Waals surface area contributed by atoms with Crippen LogP contribution in [0, 0.1) is 3.57 Å². The highest BCUT2D eigenvalue weighted by Crippen LogP contribution is 2.66. The summed E-state index contributed by atoms with van der Waals surface area (Å²) in [6.07, 6.45) is 0. The van der Waals surface area contributed by atoms with Gasteiger partial charge in [-0.15, -0.1) is 0 Å². The molecule has 36 heavy (non-hydrogen) atoms. The summed E-state index contributed by atoms with van der Waals surface area (Å²) >= 11 is 5.51. The summed E-state index contributed by atoms with van der Waals surface area (Å²) in [4.78, 5) is 0. The largest absolute Gasteiger partial charge is 0.0977 e. The van der Waals surface area contributed by atoms with Crippen LogP contribution in [-0.4, -0.2) is 0 Å². The Balaban J connectivity index is 1.43. The van der Waals surface area contributed by atoms with Crippen molar-refractivity contribution in [3.8, 4) is 0 Å². The molecule has 170 valence electrons. The van der Waals surface area contributed by atoms with Crippen LogP contribution in [0.4, 0.5) is 0 Å². The molecule has 0 saturated carbocycles. The van der Waals surface area contributed by atoms with Gasteiger partial charge in [0.1, 0.15) is 0 Å². The highest BCUT2D eigenvalue weighted by Gasteiger charge is 2.53. The van der Waals surface area contributed by atoms with Crippen LogP contribution in [0.5, 0.6) is 0 Å². The first-order valence-corrected chi connectivity index (χ1v) is 14.8. The predicted octanol–water partition coefficient (Wildman–Crippen LogP) is 8.81. The van der Waals surface area contributed by atoms with Crippen molar-refractivity contribution in [2.45, 2.75) is 21.2 Å². The van der Waals surface area contributed by atoms with E-state index in [2.05, 4.69) is 148 Å². The summed E-state index contributed by atoms with van der Waals surface area (Å²) in [5.74, 6) is 0.917. The molecule has 6 aliphatic carbocycles. The van der Waals surface area contributed by atoms with Gasteiger partial charge in [0.2, 0.25) is 0 Å². The highest BCUT2D eigenvalue weighted by atomic mass is 127. The molecule has 5 aromatic carbocycles. The Morgan fingerprint density at radius 3 is 1.39 bits per heavy atom. The van der Waals surface area contributed by atoms with Crippen molar-refractivity contribution in [2.75, 3.05) is 0 Å². The number of halogens is 2. The van der Waals surface area contributed by atoms with Crippen LogP contribution >= 0.6 is 45.2 Å². The van der Waals surface area contributed by atoms with E-state index < -0.39 is 0 Å². The Hall–Kier alpha value is -2.44. The molecule has 0 N–H and O–H groups in total. The number of alkyl halides is 1. The molecule has 0 heterocycles. The smallest absolute Gasteiger partial charge is 0.0630 e. The zero-order valence-corrected chi connectivity index (χ0v) is 23.6. The second-order valence-corrected chi connectivity index (χ2v) is 13.2. The van der Waals surface area contributed by atoms with Crippen LogP contribution in [0.25, 0.3) is 0 Å². The molecule has 0 aliphatic heterocycles. The van der Waals surface area contributed by atoms with Gasteiger partial charge in [0.15, 0.2) is 0 Å². The SMILES string of the molecule is Ic1c2c(cc3c1C1c4ccccc4C3(I)c3ccccc31)C1c3ccccc3C2c2ccccc21. The van der Waals surface area contributed by atoms with E-state index in [1.807, 2.05) is 0 Å². The van der Waals surface area contributed by atoms with E-state index in [1.165, 1.54) is 59.2 Å². The fraction of sp³-hybridized carbons (Fsp3) is 0.118. The fourth-order valence-electron chi connectivity index (χ4n) is 7.89. The van der Waals surface area contributed by atoms with Gasteiger partial charge in [-0.2, -0.15) is 0 Å². The second kappa shape index (κ2) is 6.90. The van der Waals surface area contributed by atoms with Crippen molar-refractivity contribution in [3.63, 3.8) is 0 Å². The Morgan fingerprint density at radius 1 is 0.444 bits per heavy atom. The first-order chi connectivity index (χ1) is 17.7. The minimum atomic E-state index is -0.167. The van der Waals surface area contributed by atoms with Gasteiger partial charge in [0, 0.05) is 21.3 Å². The normalized spacial score (nSPS) is 24.8. The van der Waals surface area contributed by atoms with Crippen molar-refractivity contribution >= 4 is 45.2 Å². The summed E-state index contributed by atoms with van der Waals surface area (Å²) < 4.78 is 1.31. The van der Waals surface area contributed by atoms with E-state index in [0.717, 1.165) is 0 Å². The number of benzene rings is 5. The van der Waals surface area contributed by atoms with Gasteiger partial charge in [-0.1, -0.05) is 126 Å². The monoisotopic (exact) mass is 682 g/mol. The molecule has 0 nitrogen and oxygen atoms in total. The Kier molecular flexibility index (Phi) is 3.95. The minimum Gasteiger partial charge on any atom is -0.0630 e. The third-order valence-corrected chi connectivity index (χ3v) is 12.1. The van der Waals surface area contributed by atoms with Crippen molar-refractivity contribution < 1.29 is 0 Å². The standard InChI is InChI=1S/C34H20I2/c35-33-31-24(28-18-9-1-3-11-20(18)29(31)21-12-4-2-10-19(21)28)17-27-32(33)30-22-13-5-7-15-25(22)34(27,36)26-16-8-6-14-23(26)30/h1-17,28-30H. The van der Waals surface area contributed by atoms with Crippen LogP contribution < -0.4 is 0 Å². The quantitative estimate of drug-likeness (QED) is 0.111. The van der Waals surface area contributed by atoms with Crippen molar-refractivity contribution in [3.05, 3.63) is 173 Å². The van der Waals surface area contributed by atoms with Gasteiger partial charge in [0.05, 0.1) is 3.42 Å². The van der Waals surface area contributed by atoms with Gasteiger partial charge in [-0.3, -0.25) is 0 Å². The average molecular weight is 682 g/mol. The molecule has 6 aliphatic rings. The number of rotatable bonds is 0. The van der Waals surface area contributed by atoms with Crippen LogP contribution in [-0.2, 0) is 3.42 Å². The Labute approximate surface area is 238 Å². The molecular weight excluding hydrogens is 662 g/mol. The predicted molar refractivity (Wildman–Crippen MR) is 162 cm³/mol. The topological polar surface area (TPSA) is 0 Å². The summed E-state index contributed by atoms with van der Waals surface area (Å²) in [7, 11) is 0. The lowest BCUT2D eigenvalue weighted by atomic mass is 9.56. The summed E-state index contributed by atoms with van der Waals surface area (Å²) in [6.45, 7) is 0. The summed E-state index contributed by atoms with van der Waals surface area (Å²) in [6, 6.07) is 39.4. The molecular formula is C34H20I2. The molecule has 0 unspecified atom stereocenters. The molecule has 4 bridgehead atoms. The van der Waals surface area contributed by atoms with Gasteiger partial charge >= 0.3 is 0 Å². The molecule has 5 aromatic rings. The minimum absolute atomic E-state index is 0.167. The lowest BCUT2D eigenvalue weighted by Gasteiger charge is -2.50. The average Bonchev–Trinajstić information content (AvgIpc) is 2.93. The van der Waals surface area contributed by atoms with Crippen LogP contribution in [0.15, 0.2) is 103 Å². The lowest BCUT2D eigenvalue weighted by Crippen LogP contribution is -2.40. The van der Waals surface area contributed by atoms with E-state index in [0.29, 0.717) is 17.8 Å². The maximum atomic E-state index is 2.78. The maximum Gasteiger partial charge on any atom is 0.0977 e. The highest BCUT2D eigenvalue weighted by molar-refractivity contribution is 14.1. The van der Waals surface area contributed by atoms with E-state index in [9.17, 15) is 0 Å². The first-order valence-electron chi connectivity index (χ1n) is 12.6. The van der Waals surface area contributed by atoms with Crippen LogP contribution in [0.1, 0.15) is 84.5 Å². The molecule has 0 saturated heterocycles. The second-order valence-electron chi connectivity index (χ2n) is 10.5. The van der Waals surface area contributed by atoms with E-state index in [-0.39, 0.29) is 3.42 Å². The van der Waals surface area contributed by atoms with Crippen molar-refractivity contribution in [1.82, 2.24) is 0 Å². The first kappa shape index (κ1) is 20.6. The van der Waals surface area contributed by atoms with Gasteiger partial charge < -0.3 is 0 Å². The molecule has 11 rings (SSSR count). The van der Waals surface area contributed by atoms with Crippen molar-refractivity contribution in [2.24, 2.45) is 0 Å². The third kappa shape index (κ3) is 2.21. The Morgan fingerprint density at radius 2 is 0.861 bits per heavy atom. The van der Waals surface area contributed by atoms with Gasteiger partial charge in [-0.25, -0.2) is 0 Å². The molecule has 2 heteroatoms. The summed E-state index contributed by atoms with van der Waals surface area (Å²) in [5.41, 5.74) is 18.0. The fourth-order valence-corrected chi connectivity index (χ4v) is 10.5. The number of hydrogen-bond acceptors (Lipinski definition) is 0. The van der Waals surface area contributed by atoms with E-state index >= 15 is 0 Å². The van der Waals surface area contributed by atoms with E-state index in [1.54, 1.807) is 11.1 Å². The van der Waals surface area contributed by atoms with Crippen LogP contribution in [0.3, 0.4) is 0 Å². The molecule has 0 aromatic heterocycles. The van der Waals surface area contributed by atoms with Gasteiger partial charge in [0.25, 0.3) is 0 Å². The zero-order chi connectivity index (χ0) is 23.8. The van der Waals surface area contributed by atoms with Crippen molar-refractivity contribution in [1.29, 1.82) is 0 Å². The molecule has 0 radical (unpaired) electrons. The molecule has 0 amide bonds. The Bertz CT molecular complexity index is 1700. The van der Waals surface area contributed by atoms with E-state index in [4.69, 9.17) is 0 Å². The molecule has 0 spiro atoms. The molecule has 0 fully saturated rings. The zero-order valence-electron chi connectivity index (χ0n) is 19.3. The van der Waals surface area contributed by atoms with Crippen LogP contribution in [0.2, 0.25) is 0 Å². The molecule has 0 atom stereocenters.